The van der Waals surface area contributed by atoms with Crippen molar-refractivity contribution in [2.45, 2.75) is 19.9 Å². The number of aryl methyl sites for hydroxylation is 1. The first-order valence-electron chi connectivity index (χ1n) is 5.22. The molecule has 4 heteroatoms. The predicted octanol–water partition coefficient (Wildman–Crippen LogP) is 2.80. The monoisotopic (exact) mass is 220 g/mol. The highest BCUT2D eigenvalue weighted by Gasteiger charge is 2.05. The molecule has 3 nitrogen and oxygen atoms in total. The van der Waals surface area contributed by atoms with Crippen molar-refractivity contribution in [2.24, 2.45) is 0 Å². The molecule has 1 aromatic heterocycles. The second-order valence-electron chi connectivity index (χ2n) is 3.66. The van der Waals surface area contributed by atoms with Crippen molar-refractivity contribution in [3.8, 4) is 16.9 Å². The second kappa shape index (κ2) is 4.35. The fraction of sp³-hybridized carbons (Fsp3) is 0.250. The molecule has 1 N–H and O–H groups in total. The first-order chi connectivity index (χ1) is 7.70. The molecule has 1 aromatic carbocycles. The lowest BCUT2D eigenvalue weighted by Gasteiger charge is -1.99. The molecule has 0 aliphatic rings. The van der Waals surface area contributed by atoms with Crippen LogP contribution in [0.3, 0.4) is 0 Å². The van der Waals surface area contributed by atoms with Gasteiger partial charge in [-0.05, 0) is 24.1 Å². The highest BCUT2D eigenvalue weighted by molar-refractivity contribution is 5.63. The number of rotatable bonds is 3. The van der Waals surface area contributed by atoms with Crippen molar-refractivity contribution in [3.63, 3.8) is 0 Å². The van der Waals surface area contributed by atoms with Crippen LogP contribution in [0.15, 0.2) is 30.6 Å². The molecule has 0 aliphatic carbocycles. The average Bonchev–Trinajstić information content (AvgIpc) is 2.71. The molecule has 0 saturated heterocycles. The van der Waals surface area contributed by atoms with Gasteiger partial charge in [-0.15, -0.1) is 0 Å². The lowest BCUT2D eigenvalue weighted by atomic mass is 10.1. The van der Waals surface area contributed by atoms with Gasteiger partial charge in [0.1, 0.15) is 0 Å². The number of hydrogen-bond acceptors (Lipinski definition) is 2. The molecule has 2 rings (SSSR count). The summed E-state index contributed by atoms with van der Waals surface area (Å²) in [5.41, 5.74) is 1.64. The van der Waals surface area contributed by atoms with Crippen LogP contribution in [0.1, 0.15) is 13.3 Å². The second-order valence-corrected chi connectivity index (χ2v) is 3.66. The van der Waals surface area contributed by atoms with Gasteiger partial charge < -0.3 is 5.11 Å². The maximum absolute atomic E-state index is 12.9. The SMILES string of the molecule is CCCn1cc(-c2ccc(F)c(O)c2)cn1. The quantitative estimate of drug-likeness (QED) is 0.863. The van der Waals surface area contributed by atoms with Gasteiger partial charge >= 0.3 is 0 Å². The lowest BCUT2D eigenvalue weighted by Crippen LogP contribution is -1.95. The number of halogens is 1. The van der Waals surface area contributed by atoms with E-state index in [1.807, 2.05) is 10.9 Å². The third-order valence-electron chi connectivity index (χ3n) is 2.37. The molecule has 16 heavy (non-hydrogen) atoms. The van der Waals surface area contributed by atoms with E-state index in [-0.39, 0.29) is 5.75 Å². The summed E-state index contributed by atoms with van der Waals surface area (Å²) in [6.45, 7) is 2.93. The number of nitrogens with zero attached hydrogens (tertiary/aromatic N) is 2. The fourth-order valence-electron chi connectivity index (χ4n) is 1.56. The van der Waals surface area contributed by atoms with Crippen LogP contribution in [0.25, 0.3) is 11.1 Å². The van der Waals surface area contributed by atoms with Crippen molar-refractivity contribution in [3.05, 3.63) is 36.4 Å². The maximum Gasteiger partial charge on any atom is 0.164 e. The van der Waals surface area contributed by atoms with E-state index < -0.39 is 5.82 Å². The molecule has 0 fully saturated rings. The van der Waals surface area contributed by atoms with Gasteiger partial charge in [0.2, 0.25) is 0 Å². The summed E-state index contributed by atoms with van der Waals surface area (Å²) in [5, 5.41) is 13.4. The summed E-state index contributed by atoms with van der Waals surface area (Å²) >= 11 is 0. The van der Waals surface area contributed by atoms with Crippen molar-refractivity contribution in [1.29, 1.82) is 0 Å². The van der Waals surface area contributed by atoms with E-state index in [1.54, 1.807) is 12.3 Å². The Kier molecular flexibility index (Phi) is 2.90. The Bertz CT molecular complexity index is 494. The van der Waals surface area contributed by atoms with Crippen LogP contribution in [0.5, 0.6) is 5.75 Å². The van der Waals surface area contributed by atoms with Crippen molar-refractivity contribution < 1.29 is 9.50 Å². The maximum atomic E-state index is 12.9. The van der Waals surface area contributed by atoms with E-state index in [0.29, 0.717) is 0 Å². The number of aromatic hydroxyl groups is 1. The first-order valence-corrected chi connectivity index (χ1v) is 5.22. The van der Waals surface area contributed by atoms with E-state index in [1.165, 1.54) is 12.1 Å². The molecule has 0 aliphatic heterocycles. The zero-order valence-corrected chi connectivity index (χ0v) is 9.02. The van der Waals surface area contributed by atoms with Crippen molar-refractivity contribution in [1.82, 2.24) is 9.78 Å². The molecular weight excluding hydrogens is 207 g/mol. The first kappa shape index (κ1) is 10.7. The largest absolute Gasteiger partial charge is 0.505 e. The number of aromatic nitrogens is 2. The van der Waals surface area contributed by atoms with E-state index in [9.17, 15) is 9.50 Å². The minimum absolute atomic E-state index is 0.333. The molecule has 84 valence electrons. The molecule has 1 heterocycles. The molecule has 0 radical (unpaired) electrons. The van der Waals surface area contributed by atoms with E-state index >= 15 is 0 Å². The van der Waals surface area contributed by atoms with Gasteiger partial charge in [-0.2, -0.15) is 5.10 Å². The van der Waals surface area contributed by atoms with E-state index in [4.69, 9.17) is 0 Å². The van der Waals surface area contributed by atoms with Gasteiger partial charge in [0, 0.05) is 18.3 Å². The summed E-state index contributed by atoms with van der Waals surface area (Å²) in [7, 11) is 0. The zero-order chi connectivity index (χ0) is 11.5. The van der Waals surface area contributed by atoms with Crippen molar-refractivity contribution in [2.75, 3.05) is 0 Å². The van der Waals surface area contributed by atoms with Gasteiger partial charge in [-0.1, -0.05) is 13.0 Å². The third kappa shape index (κ3) is 2.05. The Morgan fingerprint density at radius 1 is 1.38 bits per heavy atom. The molecular formula is C12H13FN2O. The van der Waals surface area contributed by atoms with Crippen LogP contribution in [0.2, 0.25) is 0 Å². The highest BCUT2D eigenvalue weighted by Crippen LogP contribution is 2.25. The summed E-state index contributed by atoms with van der Waals surface area (Å²) < 4.78 is 14.7. The Morgan fingerprint density at radius 2 is 2.19 bits per heavy atom. The zero-order valence-electron chi connectivity index (χ0n) is 9.02. The van der Waals surface area contributed by atoms with Gasteiger partial charge in [0.05, 0.1) is 6.20 Å². The van der Waals surface area contributed by atoms with E-state index in [2.05, 4.69) is 12.0 Å². The minimum atomic E-state index is -0.607. The predicted molar refractivity (Wildman–Crippen MR) is 59.6 cm³/mol. The van der Waals surface area contributed by atoms with Gasteiger partial charge in [-0.25, -0.2) is 4.39 Å². The van der Waals surface area contributed by atoms with Crippen LogP contribution in [-0.2, 0) is 6.54 Å². The van der Waals surface area contributed by atoms with Crippen LogP contribution in [0, 0.1) is 5.82 Å². The molecule has 0 atom stereocenters. The molecule has 0 amide bonds. The van der Waals surface area contributed by atoms with Crippen LogP contribution >= 0.6 is 0 Å². The number of benzene rings is 1. The standard InChI is InChI=1S/C12H13FN2O/c1-2-5-15-8-10(7-14-15)9-3-4-11(13)12(16)6-9/h3-4,6-8,16H,2,5H2,1H3. The number of phenols is 1. The summed E-state index contributed by atoms with van der Waals surface area (Å²) in [4.78, 5) is 0. The highest BCUT2D eigenvalue weighted by atomic mass is 19.1. The Hall–Kier alpha value is -1.84. The van der Waals surface area contributed by atoms with E-state index in [0.717, 1.165) is 24.1 Å². The van der Waals surface area contributed by atoms with Gasteiger partial charge in [-0.3, -0.25) is 4.68 Å². The summed E-state index contributed by atoms with van der Waals surface area (Å²) in [6.07, 6.45) is 4.61. The molecule has 0 spiro atoms. The Labute approximate surface area is 93.2 Å². The molecule has 0 unspecified atom stereocenters. The lowest BCUT2D eigenvalue weighted by molar-refractivity contribution is 0.433. The van der Waals surface area contributed by atoms with Gasteiger partial charge in [0.15, 0.2) is 11.6 Å². The Morgan fingerprint density at radius 3 is 2.88 bits per heavy atom. The van der Waals surface area contributed by atoms with Crippen LogP contribution < -0.4 is 0 Å². The fourth-order valence-corrected chi connectivity index (χ4v) is 1.56. The smallest absolute Gasteiger partial charge is 0.164 e. The molecule has 0 bridgehead atoms. The minimum Gasteiger partial charge on any atom is -0.505 e. The summed E-state index contributed by atoms with van der Waals surface area (Å²) in [5.74, 6) is -0.939. The normalized spacial score (nSPS) is 10.6. The molecule has 0 saturated carbocycles. The topological polar surface area (TPSA) is 38.0 Å². The number of hydrogen-bond donors (Lipinski definition) is 1. The average molecular weight is 220 g/mol. The molecule has 2 aromatic rings. The van der Waals surface area contributed by atoms with Gasteiger partial charge in [0.25, 0.3) is 0 Å². The third-order valence-corrected chi connectivity index (χ3v) is 2.37. The van der Waals surface area contributed by atoms with Crippen molar-refractivity contribution >= 4 is 0 Å². The Balaban J connectivity index is 2.31. The summed E-state index contributed by atoms with van der Waals surface area (Å²) in [6, 6.07) is 4.28. The van der Waals surface area contributed by atoms with Crippen LogP contribution in [0.4, 0.5) is 4.39 Å². The van der Waals surface area contributed by atoms with Crippen LogP contribution in [-0.4, -0.2) is 14.9 Å². The number of phenolic OH excluding ortho intramolecular Hbond substituents is 1.